The Morgan fingerprint density at radius 2 is 1.76 bits per heavy atom. The van der Waals surface area contributed by atoms with Gasteiger partial charge in [0.1, 0.15) is 17.5 Å². The second-order valence-electron chi connectivity index (χ2n) is 4.44. The van der Waals surface area contributed by atoms with Crippen molar-refractivity contribution in [3.05, 3.63) is 41.2 Å². The maximum atomic E-state index is 12.7. The Bertz CT molecular complexity index is 655. The third-order valence-electron chi connectivity index (χ3n) is 2.85. The zero-order valence-corrected chi connectivity index (χ0v) is 11.4. The quantitative estimate of drug-likeness (QED) is 0.599. The SMILES string of the molecule is Cc1nc(NN)c(C)c(Nc2cccc(C(F)(F)F)c2)n1. The number of nitrogens with one attached hydrogen (secondary N) is 2. The van der Waals surface area contributed by atoms with Gasteiger partial charge in [-0.15, -0.1) is 0 Å². The lowest BCUT2D eigenvalue weighted by molar-refractivity contribution is -0.137. The van der Waals surface area contributed by atoms with E-state index in [0.717, 1.165) is 12.1 Å². The number of aromatic nitrogens is 2. The predicted octanol–water partition coefficient (Wildman–Crippen LogP) is 3.14. The lowest BCUT2D eigenvalue weighted by Crippen LogP contribution is -2.13. The number of hydrogen-bond donors (Lipinski definition) is 3. The van der Waals surface area contributed by atoms with E-state index in [2.05, 4.69) is 20.7 Å². The first-order valence-corrected chi connectivity index (χ1v) is 6.07. The van der Waals surface area contributed by atoms with E-state index in [1.54, 1.807) is 13.8 Å². The summed E-state index contributed by atoms with van der Waals surface area (Å²) in [5, 5.41) is 2.85. The molecule has 0 aliphatic rings. The molecule has 2 aromatic rings. The van der Waals surface area contributed by atoms with E-state index in [9.17, 15) is 13.2 Å². The number of nitrogens with two attached hydrogens (primary N) is 1. The third kappa shape index (κ3) is 3.40. The Hall–Kier alpha value is -2.35. The summed E-state index contributed by atoms with van der Waals surface area (Å²) < 4.78 is 38.1. The lowest BCUT2D eigenvalue weighted by Gasteiger charge is -2.14. The molecule has 2 rings (SSSR count). The van der Waals surface area contributed by atoms with Crippen LogP contribution in [0.2, 0.25) is 0 Å². The number of hydrazine groups is 1. The topological polar surface area (TPSA) is 75.9 Å². The van der Waals surface area contributed by atoms with E-state index in [4.69, 9.17) is 5.84 Å². The van der Waals surface area contributed by atoms with E-state index in [1.807, 2.05) is 0 Å². The standard InChI is InChI=1S/C13H14F3N5/c1-7-11(18-8(2)19-12(7)21-17)20-10-5-3-4-9(6-10)13(14,15)16/h3-6H,17H2,1-2H3,(H2,18,19,20,21). The first kappa shape index (κ1) is 15.0. The Labute approximate surface area is 119 Å². The minimum absolute atomic E-state index is 0.286. The van der Waals surface area contributed by atoms with Crippen LogP contribution in [0.3, 0.4) is 0 Å². The van der Waals surface area contributed by atoms with Crippen LogP contribution >= 0.6 is 0 Å². The van der Waals surface area contributed by atoms with E-state index < -0.39 is 11.7 Å². The van der Waals surface area contributed by atoms with Crippen molar-refractivity contribution in [1.82, 2.24) is 9.97 Å². The normalized spacial score (nSPS) is 11.3. The van der Waals surface area contributed by atoms with Gasteiger partial charge in [-0.25, -0.2) is 15.8 Å². The molecule has 0 aliphatic heterocycles. The molecule has 1 heterocycles. The molecule has 0 saturated heterocycles. The van der Waals surface area contributed by atoms with Crippen molar-refractivity contribution in [2.24, 2.45) is 5.84 Å². The van der Waals surface area contributed by atoms with Crippen LogP contribution in [0.1, 0.15) is 17.0 Å². The van der Waals surface area contributed by atoms with E-state index in [1.165, 1.54) is 12.1 Å². The van der Waals surface area contributed by atoms with Gasteiger partial charge in [0.05, 0.1) is 5.56 Å². The van der Waals surface area contributed by atoms with Crippen LogP contribution < -0.4 is 16.6 Å². The van der Waals surface area contributed by atoms with Crippen molar-refractivity contribution in [3.63, 3.8) is 0 Å². The molecule has 21 heavy (non-hydrogen) atoms. The first-order valence-electron chi connectivity index (χ1n) is 6.07. The van der Waals surface area contributed by atoms with Crippen molar-refractivity contribution < 1.29 is 13.2 Å². The summed E-state index contributed by atoms with van der Waals surface area (Å²) in [6.07, 6.45) is -4.39. The highest BCUT2D eigenvalue weighted by Crippen LogP contribution is 2.31. The fourth-order valence-corrected chi connectivity index (χ4v) is 1.80. The maximum Gasteiger partial charge on any atom is 0.416 e. The second-order valence-corrected chi connectivity index (χ2v) is 4.44. The smallest absolute Gasteiger partial charge is 0.340 e. The van der Waals surface area contributed by atoms with Crippen molar-refractivity contribution >= 4 is 17.3 Å². The Balaban J connectivity index is 2.37. The number of alkyl halides is 3. The molecule has 4 N–H and O–H groups in total. The molecular formula is C13H14F3N5. The van der Waals surface area contributed by atoms with Crippen LogP contribution in [-0.4, -0.2) is 9.97 Å². The molecule has 0 radical (unpaired) electrons. The number of rotatable bonds is 3. The lowest BCUT2D eigenvalue weighted by atomic mass is 10.2. The fourth-order valence-electron chi connectivity index (χ4n) is 1.80. The largest absolute Gasteiger partial charge is 0.416 e. The van der Waals surface area contributed by atoms with Crippen molar-refractivity contribution in [2.45, 2.75) is 20.0 Å². The first-order chi connectivity index (χ1) is 9.81. The Morgan fingerprint density at radius 1 is 1.10 bits per heavy atom. The minimum Gasteiger partial charge on any atom is -0.340 e. The molecule has 0 saturated carbocycles. The van der Waals surface area contributed by atoms with Gasteiger partial charge >= 0.3 is 6.18 Å². The van der Waals surface area contributed by atoms with Gasteiger partial charge in [0.15, 0.2) is 0 Å². The van der Waals surface area contributed by atoms with Gasteiger partial charge in [0.2, 0.25) is 0 Å². The van der Waals surface area contributed by atoms with E-state index in [-0.39, 0.29) is 5.69 Å². The molecule has 1 aromatic heterocycles. The number of halogens is 3. The van der Waals surface area contributed by atoms with Gasteiger partial charge in [0.25, 0.3) is 0 Å². The van der Waals surface area contributed by atoms with Gasteiger partial charge in [-0.2, -0.15) is 13.2 Å². The summed E-state index contributed by atoms with van der Waals surface area (Å²) >= 11 is 0. The van der Waals surface area contributed by atoms with Crippen LogP contribution in [0, 0.1) is 13.8 Å². The summed E-state index contributed by atoms with van der Waals surface area (Å²) in [7, 11) is 0. The number of anilines is 3. The zero-order chi connectivity index (χ0) is 15.6. The van der Waals surface area contributed by atoms with Crippen LogP contribution in [0.4, 0.5) is 30.5 Å². The molecule has 0 fully saturated rings. The van der Waals surface area contributed by atoms with Crippen molar-refractivity contribution in [2.75, 3.05) is 10.7 Å². The number of nitrogen functional groups attached to an aromatic ring is 1. The highest BCUT2D eigenvalue weighted by Gasteiger charge is 2.30. The number of hydrogen-bond acceptors (Lipinski definition) is 5. The molecule has 0 aliphatic carbocycles. The van der Waals surface area contributed by atoms with E-state index in [0.29, 0.717) is 23.0 Å². The van der Waals surface area contributed by atoms with Gasteiger partial charge in [-0.05, 0) is 32.0 Å². The molecular weight excluding hydrogens is 283 g/mol. The van der Waals surface area contributed by atoms with Crippen LogP contribution in [0.25, 0.3) is 0 Å². The molecule has 5 nitrogen and oxygen atoms in total. The Morgan fingerprint density at radius 3 is 2.38 bits per heavy atom. The highest BCUT2D eigenvalue weighted by atomic mass is 19.4. The van der Waals surface area contributed by atoms with Crippen LogP contribution in [-0.2, 0) is 6.18 Å². The van der Waals surface area contributed by atoms with E-state index >= 15 is 0 Å². The molecule has 0 unspecified atom stereocenters. The average Bonchev–Trinajstić information content (AvgIpc) is 2.42. The molecule has 1 aromatic carbocycles. The van der Waals surface area contributed by atoms with Crippen molar-refractivity contribution in [1.29, 1.82) is 0 Å². The summed E-state index contributed by atoms with van der Waals surface area (Å²) in [6.45, 7) is 3.38. The van der Waals surface area contributed by atoms with Gasteiger partial charge in [-0.3, -0.25) is 0 Å². The summed E-state index contributed by atoms with van der Waals surface area (Å²) in [5.41, 5.74) is 2.60. The maximum absolute atomic E-state index is 12.7. The summed E-state index contributed by atoms with van der Waals surface area (Å²) in [4.78, 5) is 8.25. The number of nitrogens with zero attached hydrogens (tertiary/aromatic N) is 2. The molecule has 112 valence electrons. The van der Waals surface area contributed by atoms with Crippen LogP contribution in [0.5, 0.6) is 0 Å². The summed E-state index contributed by atoms with van der Waals surface area (Å²) in [6, 6.07) is 4.89. The monoisotopic (exact) mass is 297 g/mol. The minimum atomic E-state index is -4.39. The third-order valence-corrected chi connectivity index (χ3v) is 2.85. The average molecular weight is 297 g/mol. The molecule has 0 spiro atoms. The zero-order valence-electron chi connectivity index (χ0n) is 11.4. The molecule has 0 bridgehead atoms. The van der Waals surface area contributed by atoms with Crippen LogP contribution in [0.15, 0.2) is 24.3 Å². The molecule has 8 heteroatoms. The van der Waals surface area contributed by atoms with Gasteiger partial charge in [0, 0.05) is 11.3 Å². The molecule has 0 amide bonds. The highest BCUT2D eigenvalue weighted by molar-refractivity contribution is 5.65. The fraction of sp³-hybridized carbons (Fsp3) is 0.231. The van der Waals surface area contributed by atoms with Crippen molar-refractivity contribution in [3.8, 4) is 0 Å². The Kier molecular flexibility index (Phi) is 3.99. The summed E-state index contributed by atoms with van der Waals surface area (Å²) in [5.74, 6) is 6.61. The van der Waals surface area contributed by atoms with Gasteiger partial charge in [-0.1, -0.05) is 6.07 Å². The predicted molar refractivity (Wildman–Crippen MR) is 74.0 cm³/mol. The molecule has 0 atom stereocenters. The number of aryl methyl sites for hydroxylation is 1. The number of benzene rings is 1. The van der Waals surface area contributed by atoms with Gasteiger partial charge < -0.3 is 10.7 Å². The second kappa shape index (κ2) is 5.57.